The molecule has 5 nitrogen and oxygen atoms in total. The van der Waals surface area contributed by atoms with Crippen molar-refractivity contribution in [1.82, 2.24) is 14.8 Å². The fourth-order valence-electron chi connectivity index (χ4n) is 2.30. The summed E-state index contributed by atoms with van der Waals surface area (Å²) in [6, 6.07) is 1.19. The molecule has 7 heteroatoms. The molecule has 2 amide bonds. The van der Waals surface area contributed by atoms with Crippen molar-refractivity contribution in [3.8, 4) is 0 Å². The molecule has 0 aromatic carbocycles. The Morgan fingerprint density at radius 3 is 2.67 bits per heavy atom. The number of aromatic nitrogens is 1. The van der Waals surface area contributed by atoms with Crippen LogP contribution in [0.5, 0.6) is 0 Å². The second-order valence-corrected chi connectivity index (χ2v) is 5.72. The van der Waals surface area contributed by atoms with Crippen LogP contribution in [-0.2, 0) is 4.79 Å². The van der Waals surface area contributed by atoms with Gasteiger partial charge in [0.1, 0.15) is 5.82 Å². The summed E-state index contributed by atoms with van der Waals surface area (Å²) in [6.07, 6.45) is 5.06. The molecule has 1 aliphatic heterocycles. The first-order valence-corrected chi connectivity index (χ1v) is 8.17. The molecule has 0 atom stereocenters. The van der Waals surface area contributed by atoms with Crippen molar-refractivity contribution < 1.29 is 14.0 Å². The van der Waals surface area contributed by atoms with Crippen LogP contribution < -0.4 is 0 Å². The highest BCUT2D eigenvalue weighted by Gasteiger charge is 2.22. The molecule has 2 heterocycles. The minimum absolute atomic E-state index is 0.101. The Morgan fingerprint density at radius 2 is 1.95 bits per heavy atom. The van der Waals surface area contributed by atoms with Crippen molar-refractivity contribution in [3.63, 3.8) is 0 Å². The molecule has 0 bridgehead atoms. The zero-order valence-corrected chi connectivity index (χ0v) is 12.7. The fourth-order valence-corrected chi connectivity index (χ4v) is 2.73. The smallest absolute Gasteiger partial charge is 0.255 e. The van der Waals surface area contributed by atoms with Crippen LogP contribution in [0.2, 0.25) is 0 Å². The maximum absolute atomic E-state index is 13.1. The Labute approximate surface area is 127 Å². The number of carbonyl (C=O) groups is 2. The zero-order chi connectivity index (χ0) is 15.2. The van der Waals surface area contributed by atoms with Crippen LogP contribution in [-0.4, -0.2) is 64.8 Å². The molecule has 0 unspecified atom stereocenters. The lowest BCUT2D eigenvalue weighted by Gasteiger charge is -2.22. The lowest BCUT2D eigenvalue weighted by atomic mass is 10.2. The van der Waals surface area contributed by atoms with E-state index in [1.54, 1.807) is 9.80 Å². The summed E-state index contributed by atoms with van der Waals surface area (Å²) < 4.78 is 13.1. The highest BCUT2D eigenvalue weighted by molar-refractivity contribution is 7.99. The van der Waals surface area contributed by atoms with E-state index in [9.17, 15) is 14.0 Å². The van der Waals surface area contributed by atoms with E-state index in [0.29, 0.717) is 31.9 Å². The average Bonchev–Trinajstić information content (AvgIpc) is 2.72. The average molecular weight is 311 g/mol. The summed E-state index contributed by atoms with van der Waals surface area (Å²) in [6.45, 7) is 2.21. The molecular formula is C14H18FN3O2S. The number of nitrogens with zero attached hydrogens (tertiary/aromatic N) is 3. The van der Waals surface area contributed by atoms with Crippen molar-refractivity contribution >= 4 is 23.6 Å². The van der Waals surface area contributed by atoms with Crippen LogP contribution in [0.15, 0.2) is 18.5 Å². The molecule has 2 rings (SSSR count). The molecule has 1 saturated heterocycles. The van der Waals surface area contributed by atoms with E-state index in [1.165, 1.54) is 24.0 Å². The van der Waals surface area contributed by atoms with E-state index >= 15 is 0 Å². The van der Waals surface area contributed by atoms with Crippen molar-refractivity contribution in [2.75, 3.05) is 38.2 Å². The van der Waals surface area contributed by atoms with Gasteiger partial charge in [0.25, 0.3) is 5.91 Å². The Bertz CT molecular complexity index is 527. The van der Waals surface area contributed by atoms with E-state index in [0.717, 1.165) is 12.6 Å². The van der Waals surface area contributed by atoms with Gasteiger partial charge in [-0.2, -0.15) is 11.8 Å². The van der Waals surface area contributed by atoms with Gasteiger partial charge in [0, 0.05) is 32.4 Å². The first-order valence-electron chi connectivity index (χ1n) is 6.78. The predicted octanol–water partition coefficient (Wildman–Crippen LogP) is 1.26. The van der Waals surface area contributed by atoms with Crippen LogP contribution in [0.4, 0.5) is 4.39 Å². The summed E-state index contributed by atoms with van der Waals surface area (Å²) in [5.74, 6) is -0.195. The van der Waals surface area contributed by atoms with Crippen molar-refractivity contribution in [1.29, 1.82) is 0 Å². The third-order valence-corrected chi connectivity index (χ3v) is 3.89. The molecule has 1 aromatic rings. The second-order valence-electron chi connectivity index (χ2n) is 4.85. The Balaban J connectivity index is 1.99. The van der Waals surface area contributed by atoms with Gasteiger partial charge in [-0.1, -0.05) is 0 Å². The van der Waals surface area contributed by atoms with Gasteiger partial charge in [0.15, 0.2) is 0 Å². The molecule has 0 radical (unpaired) electrons. The number of thioether (sulfide) groups is 1. The van der Waals surface area contributed by atoms with Gasteiger partial charge in [-0.15, -0.1) is 0 Å². The van der Waals surface area contributed by atoms with Crippen LogP contribution >= 0.6 is 11.8 Å². The normalized spacial score (nSPS) is 15.7. The fraction of sp³-hybridized carbons (Fsp3) is 0.500. The van der Waals surface area contributed by atoms with E-state index in [1.807, 2.05) is 6.26 Å². The highest BCUT2D eigenvalue weighted by atomic mass is 32.2. The van der Waals surface area contributed by atoms with E-state index < -0.39 is 5.82 Å². The molecule has 1 fully saturated rings. The largest absolute Gasteiger partial charge is 0.340 e. The summed E-state index contributed by atoms with van der Waals surface area (Å²) in [7, 11) is 0. The molecule has 0 N–H and O–H groups in total. The number of hydrogen-bond donors (Lipinski definition) is 0. The summed E-state index contributed by atoms with van der Waals surface area (Å²) in [4.78, 5) is 31.3. The number of pyridine rings is 1. The zero-order valence-electron chi connectivity index (χ0n) is 11.9. The Kier molecular flexibility index (Phi) is 5.55. The van der Waals surface area contributed by atoms with Crippen LogP contribution in [0.25, 0.3) is 0 Å². The Hall–Kier alpha value is -1.63. The molecular weight excluding hydrogens is 293 g/mol. The minimum Gasteiger partial charge on any atom is -0.340 e. The van der Waals surface area contributed by atoms with Crippen LogP contribution in [0, 0.1) is 5.82 Å². The lowest BCUT2D eigenvalue weighted by Crippen LogP contribution is -2.38. The molecule has 114 valence electrons. The number of carbonyl (C=O) groups excluding carboxylic acids is 2. The lowest BCUT2D eigenvalue weighted by molar-refractivity contribution is -0.128. The number of amides is 2. The van der Waals surface area contributed by atoms with Gasteiger partial charge in [-0.05, 0) is 18.7 Å². The first kappa shape index (κ1) is 15.8. The first-order chi connectivity index (χ1) is 10.1. The third kappa shape index (κ3) is 4.17. The summed E-state index contributed by atoms with van der Waals surface area (Å²) in [5, 5.41) is 0. The monoisotopic (exact) mass is 311 g/mol. The molecule has 0 aliphatic carbocycles. The molecule has 0 saturated carbocycles. The van der Waals surface area contributed by atoms with Crippen molar-refractivity contribution in [2.45, 2.75) is 6.42 Å². The molecule has 1 aromatic heterocycles. The highest BCUT2D eigenvalue weighted by Crippen LogP contribution is 2.10. The van der Waals surface area contributed by atoms with E-state index in [-0.39, 0.29) is 17.4 Å². The maximum Gasteiger partial charge on any atom is 0.255 e. The van der Waals surface area contributed by atoms with Gasteiger partial charge in [-0.25, -0.2) is 4.39 Å². The number of hydrogen-bond acceptors (Lipinski definition) is 4. The predicted molar refractivity (Wildman–Crippen MR) is 79.7 cm³/mol. The van der Waals surface area contributed by atoms with Gasteiger partial charge in [-0.3, -0.25) is 14.6 Å². The molecule has 21 heavy (non-hydrogen) atoms. The molecule has 0 spiro atoms. The topological polar surface area (TPSA) is 53.5 Å². The second kappa shape index (κ2) is 7.40. The van der Waals surface area contributed by atoms with Crippen LogP contribution in [0.1, 0.15) is 16.8 Å². The SMILES string of the molecule is CSCC(=O)N1CCCN(C(=O)c2cncc(F)c2)CC1. The quantitative estimate of drug-likeness (QED) is 0.843. The van der Waals surface area contributed by atoms with Crippen molar-refractivity contribution in [3.05, 3.63) is 29.8 Å². The number of rotatable bonds is 3. The summed E-state index contributed by atoms with van der Waals surface area (Å²) in [5.41, 5.74) is 0.249. The number of halogens is 1. The van der Waals surface area contributed by atoms with Gasteiger partial charge >= 0.3 is 0 Å². The standard InChI is InChI=1S/C14H18FN3O2S/c1-21-10-13(19)17-3-2-4-18(6-5-17)14(20)11-7-12(15)9-16-8-11/h7-9H,2-6,10H2,1H3. The van der Waals surface area contributed by atoms with Gasteiger partial charge in [0.2, 0.25) is 5.91 Å². The molecule has 1 aliphatic rings. The maximum atomic E-state index is 13.1. The van der Waals surface area contributed by atoms with E-state index in [2.05, 4.69) is 4.98 Å². The van der Waals surface area contributed by atoms with Gasteiger partial charge < -0.3 is 9.80 Å². The van der Waals surface area contributed by atoms with Gasteiger partial charge in [0.05, 0.1) is 17.5 Å². The minimum atomic E-state index is -0.521. The third-order valence-electron chi connectivity index (χ3n) is 3.36. The Morgan fingerprint density at radius 1 is 1.24 bits per heavy atom. The van der Waals surface area contributed by atoms with Crippen molar-refractivity contribution in [2.24, 2.45) is 0 Å². The van der Waals surface area contributed by atoms with E-state index in [4.69, 9.17) is 0 Å². The summed E-state index contributed by atoms with van der Waals surface area (Å²) >= 11 is 1.49. The van der Waals surface area contributed by atoms with Crippen LogP contribution in [0.3, 0.4) is 0 Å².